The maximum atomic E-state index is 12.4. The summed E-state index contributed by atoms with van der Waals surface area (Å²) >= 11 is 0. The molecule has 0 aliphatic heterocycles. The summed E-state index contributed by atoms with van der Waals surface area (Å²) in [5.41, 5.74) is 3.30. The summed E-state index contributed by atoms with van der Waals surface area (Å²) in [6.07, 6.45) is 0.804. The van der Waals surface area contributed by atoms with Crippen LogP contribution < -0.4 is 0 Å². The van der Waals surface area contributed by atoms with Crippen molar-refractivity contribution in [1.29, 1.82) is 0 Å². The lowest BCUT2D eigenvalue weighted by Gasteiger charge is -2.20. The maximum Gasteiger partial charge on any atom is 0.253 e. The molecule has 1 aromatic carbocycles. The number of rotatable bonds is 5. The molecule has 116 valence electrons. The second-order valence-corrected chi connectivity index (χ2v) is 5.32. The van der Waals surface area contributed by atoms with E-state index in [2.05, 4.69) is 4.98 Å². The highest BCUT2D eigenvalue weighted by Gasteiger charge is 2.15. The Balaban J connectivity index is 2.23. The summed E-state index contributed by atoms with van der Waals surface area (Å²) in [5.74, 6) is -0.206. The molecule has 2 N–H and O–H groups in total. The van der Waals surface area contributed by atoms with Gasteiger partial charge in [0, 0.05) is 30.9 Å². The van der Waals surface area contributed by atoms with Crippen molar-refractivity contribution in [3.8, 4) is 11.3 Å². The van der Waals surface area contributed by atoms with Crippen molar-refractivity contribution in [3.05, 3.63) is 53.7 Å². The fraction of sp³-hybridized carbons (Fsp3) is 0.294. The number of aliphatic hydroxyl groups is 2. The molecule has 0 bridgehead atoms. The summed E-state index contributed by atoms with van der Waals surface area (Å²) in [5, 5.41) is 18.3. The molecule has 0 saturated carbocycles. The van der Waals surface area contributed by atoms with Crippen molar-refractivity contribution in [1.82, 2.24) is 9.88 Å². The average molecular weight is 300 g/mol. The normalized spacial score (nSPS) is 12.0. The van der Waals surface area contributed by atoms with Crippen molar-refractivity contribution in [2.24, 2.45) is 0 Å². The summed E-state index contributed by atoms with van der Waals surface area (Å²) in [4.78, 5) is 18.1. The van der Waals surface area contributed by atoms with Crippen LogP contribution in [0.3, 0.4) is 0 Å². The number of amides is 1. The van der Waals surface area contributed by atoms with Crippen LogP contribution in [0.5, 0.6) is 0 Å². The van der Waals surface area contributed by atoms with Crippen LogP contribution in [0.1, 0.15) is 15.9 Å². The number of carbonyl (C=O) groups excluding carboxylic acids is 1. The zero-order valence-electron chi connectivity index (χ0n) is 12.7. The highest BCUT2D eigenvalue weighted by Crippen LogP contribution is 2.19. The Kier molecular flexibility index (Phi) is 5.25. The van der Waals surface area contributed by atoms with Crippen molar-refractivity contribution in [2.45, 2.75) is 13.0 Å². The molecule has 1 aromatic heterocycles. The molecular weight excluding hydrogens is 280 g/mol. The van der Waals surface area contributed by atoms with Crippen LogP contribution in [-0.2, 0) is 0 Å². The summed E-state index contributed by atoms with van der Waals surface area (Å²) < 4.78 is 0. The molecule has 0 aliphatic carbocycles. The lowest BCUT2D eigenvalue weighted by Crippen LogP contribution is -2.35. The minimum Gasteiger partial charge on any atom is -0.394 e. The van der Waals surface area contributed by atoms with E-state index in [1.807, 2.05) is 31.2 Å². The Morgan fingerprint density at radius 3 is 2.77 bits per heavy atom. The quantitative estimate of drug-likeness (QED) is 0.877. The van der Waals surface area contributed by atoms with Crippen LogP contribution >= 0.6 is 0 Å². The molecule has 0 spiro atoms. The van der Waals surface area contributed by atoms with Crippen molar-refractivity contribution < 1.29 is 15.0 Å². The molecule has 1 heterocycles. The zero-order valence-corrected chi connectivity index (χ0v) is 12.7. The molecule has 2 aromatic rings. The Hall–Kier alpha value is -2.24. The third-order valence-corrected chi connectivity index (χ3v) is 3.36. The predicted octanol–water partition coefficient (Wildman–Crippen LogP) is 1.48. The van der Waals surface area contributed by atoms with E-state index in [0.29, 0.717) is 5.56 Å². The van der Waals surface area contributed by atoms with Gasteiger partial charge in [-0.05, 0) is 36.8 Å². The molecule has 5 heteroatoms. The molecule has 0 fully saturated rings. The van der Waals surface area contributed by atoms with E-state index in [-0.39, 0.29) is 19.1 Å². The minimum atomic E-state index is -0.935. The Morgan fingerprint density at radius 2 is 2.09 bits per heavy atom. The third kappa shape index (κ3) is 3.90. The molecule has 0 saturated heterocycles. The summed E-state index contributed by atoms with van der Waals surface area (Å²) in [6.45, 7) is 1.71. The highest BCUT2D eigenvalue weighted by molar-refractivity contribution is 5.95. The van der Waals surface area contributed by atoms with E-state index in [4.69, 9.17) is 5.11 Å². The average Bonchev–Trinajstić information content (AvgIpc) is 2.54. The van der Waals surface area contributed by atoms with Crippen LogP contribution in [0.4, 0.5) is 0 Å². The molecular formula is C17H20N2O3. The topological polar surface area (TPSA) is 73.7 Å². The number of hydrogen-bond acceptors (Lipinski definition) is 4. The Bertz CT molecular complexity index is 658. The summed E-state index contributed by atoms with van der Waals surface area (Å²) in [7, 11) is 1.60. The second kappa shape index (κ2) is 7.15. The van der Waals surface area contributed by atoms with Crippen LogP contribution in [0.2, 0.25) is 0 Å². The van der Waals surface area contributed by atoms with E-state index in [0.717, 1.165) is 16.8 Å². The summed E-state index contributed by atoms with van der Waals surface area (Å²) in [6, 6.07) is 11.1. The van der Waals surface area contributed by atoms with Gasteiger partial charge in [0.15, 0.2) is 0 Å². The van der Waals surface area contributed by atoms with Crippen LogP contribution in [0.25, 0.3) is 11.3 Å². The van der Waals surface area contributed by atoms with Gasteiger partial charge < -0.3 is 15.1 Å². The molecule has 1 atom stereocenters. The molecule has 1 amide bonds. The minimum absolute atomic E-state index is 0.0856. The smallest absolute Gasteiger partial charge is 0.253 e. The number of aromatic nitrogens is 1. The number of nitrogens with zero attached hydrogens (tertiary/aromatic N) is 2. The van der Waals surface area contributed by atoms with Gasteiger partial charge in [-0.25, -0.2) is 0 Å². The number of carbonyl (C=O) groups is 1. The maximum absolute atomic E-state index is 12.4. The molecule has 5 nitrogen and oxygen atoms in total. The first kappa shape index (κ1) is 16.1. The SMILES string of the molecule is Cc1ccnc(-c2cccc(C(=O)N(C)C[C@H](O)CO)c2)c1. The van der Waals surface area contributed by atoms with Crippen molar-refractivity contribution in [3.63, 3.8) is 0 Å². The van der Waals surface area contributed by atoms with Gasteiger partial charge in [0.2, 0.25) is 0 Å². The van der Waals surface area contributed by atoms with E-state index in [1.165, 1.54) is 4.90 Å². The van der Waals surface area contributed by atoms with Gasteiger partial charge >= 0.3 is 0 Å². The molecule has 0 radical (unpaired) electrons. The standard InChI is InChI=1S/C17H20N2O3/c1-12-6-7-18-16(8-12)13-4-3-5-14(9-13)17(22)19(2)10-15(21)11-20/h3-9,15,20-21H,10-11H2,1-2H3/t15-/m0/s1. The molecule has 0 aliphatic rings. The Labute approximate surface area is 129 Å². The number of aliphatic hydroxyl groups excluding tert-OH is 2. The largest absolute Gasteiger partial charge is 0.394 e. The van der Waals surface area contributed by atoms with Gasteiger partial charge in [0.05, 0.1) is 18.4 Å². The predicted molar refractivity (Wildman–Crippen MR) is 84.5 cm³/mol. The first-order valence-electron chi connectivity index (χ1n) is 7.08. The van der Waals surface area contributed by atoms with E-state index in [9.17, 15) is 9.90 Å². The lowest BCUT2D eigenvalue weighted by molar-refractivity contribution is 0.0520. The lowest BCUT2D eigenvalue weighted by atomic mass is 10.1. The molecule has 2 rings (SSSR count). The molecule has 22 heavy (non-hydrogen) atoms. The first-order valence-corrected chi connectivity index (χ1v) is 7.08. The number of benzene rings is 1. The zero-order chi connectivity index (χ0) is 16.1. The highest BCUT2D eigenvalue weighted by atomic mass is 16.3. The van der Waals surface area contributed by atoms with E-state index in [1.54, 1.807) is 25.4 Å². The van der Waals surface area contributed by atoms with Gasteiger partial charge in [-0.1, -0.05) is 12.1 Å². The van der Waals surface area contributed by atoms with Gasteiger partial charge in [-0.2, -0.15) is 0 Å². The van der Waals surface area contributed by atoms with Crippen LogP contribution in [-0.4, -0.2) is 52.3 Å². The Morgan fingerprint density at radius 1 is 1.32 bits per heavy atom. The number of pyridine rings is 1. The monoisotopic (exact) mass is 300 g/mol. The van der Waals surface area contributed by atoms with Crippen molar-refractivity contribution in [2.75, 3.05) is 20.2 Å². The van der Waals surface area contributed by atoms with Crippen molar-refractivity contribution >= 4 is 5.91 Å². The fourth-order valence-electron chi connectivity index (χ4n) is 2.18. The molecule has 0 unspecified atom stereocenters. The van der Waals surface area contributed by atoms with Gasteiger partial charge in [0.25, 0.3) is 5.91 Å². The van der Waals surface area contributed by atoms with Gasteiger partial charge in [-0.15, -0.1) is 0 Å². The fourth-order valence-corrected chi connectivity index (χ4v) is 2.18. The second-order valence-electron chi connectivity index (χ2n) is 5.32. The van der Waals surface area contributed by atoms with Gasteiger partial charge in [0.1, 0.15) is 0 Å². The van der Waals surface area contributed by atoms with Crippen LogP contribution in [0.15, 0.2) is 42.6 Å². The van der Waals surface area contributed by atoms with Gasteiger partial charge in [-0.3, -0.25) is 9.78 Å². The number of aryl methyl sites for hydroxylation is 1. The first-order chi connectivity index (χ1) is 10.5. The van der Waals surface area contributed by atoms with Crippen LogP contribution in [0, 0.1) is 6.92 Å². The number of likely N-dealkylation sites (N-methyl/N-ethyl adjacent to an activating group) is 1. The van der Waals surface area contributed by atoms with E-state index < -0.39 is 6.10 Å². The number of hydrogen-bond donors (Lipinski definition) is 2. The van der Waals surface area contributed by atoms with E-state index >= 15 is 0 Å². The third-order valence-electron chi connectivity index (χ3n) is 3.36.